The molecule has 2 bridgehead atoms. The minimum absolute atomic E-state index is 0. The first-order valence-corrected chi connectivity index (χ1v) is 7.26. The van der Waals surface area contributed by atoms with Gasteiger partial charge >= 0.3 is 5.82 Å². The lowest BCUT2D eigenvalue weighted by Gasteiger charge is -2.28. The monoisotopic (exact) mass is 329 g/mol. The van der Waals surface area contributed by atoms with Crippen molar-refractivity contribution in [3.8, 4) is 0 Å². The third-order valence-corrected chi connectivity index (χ3v) is 4.40. The zero-order valence-electron chi connectivity index (χ0n) is 12.4. The average Bonchev–Trinajstić information content (AvgIpc) is 2.89. The zero-order valence-corrected chi connectivity index (χ0v) is 13.2. The number of imidazole rings is 1. The molecular weight excluding hydrogens is 310 g/mol. The summed E-state index contributed by atoms with van der Waals surface area (Å²) in [6, 6.07) is 0.556. The van der Waals surface area contributed by atoms with Crippen LogP contribution in [0.1, 0.15) is 25.1 Å². The molecule has 3 heterocycles. The molecule has 8 nitrogen and oxygen atoms in total. The van der Waals surface area contributed by atoms with Crippen LogP contribution in [-0.2, 0) is 11.3 Å². The largest absolute Gasteiger partial charge is 0.381 e. The topological polar surface area (TPSA) is 93.3 Å². The van der Waals surface area contributed by atoms with E-state index in [1.807, 2.05) is 4.90 Å². The maximum atomic E-state index is 12.6. The molecule has 1 aromatic heterocycles. The number of hydrogen-bond acceptors (Lipinski definition) is 5. The van der Waals surface area contributed by atoms with Gasteiger partial charge in [-0.25, -0.2) is 0 Å². The maximum Gasteiger partial charge on any atom is 0.381 e. The molecule has 0 aliphatic carbocycles. The summed E-state index contributed by atoms with van der Waals surface area (Å²) >= 11 is 0. The van der Waals surface area contributed by atoms with Crippen LogP contribution in [0.4, 0.5) is 5.82 Å². The molecule has 0 radical (unpaired) electrons. The molecule has 2 saturated heterocycles. The molecule has 2 aliphatic rings. The van der Waals surface area contributed by atoms with Crippen molar-refractivity contribution in [1.82, 2.24) is 19.8 Å². The smallest absolute Gasteiger partial charge is 0.358 e. The summed E-state index contributed by atoms with van der Waals surface area (Å²) in [7, 11) is 0. The lowest BCUT2D eigenvalue weighted by atomic mass is 10.1. The summed E-state index contributed by atoms with van der Waals surface area (Å²) < 4.78 is 1.57. The van der Waals surface area contributed by atoms with E-state index < -0.39 is 4.92 Å². The molecule has 22 heavy (non-hydrogen) atoms. The fourth-order valence-corrected chi connectivity index (χ4v) is 3.36. The van der Waals surface area contributed by atoms with Gasteiger partial charge in [0.25, 0.3) is 0 Å². The Morgan fingerprint density at radius 3 is 2.86 bits per heavy atom. The molecule has 2 fully saturated rings. The van der Waals surface area contributed by atoms with Gasteiger partial charge in [-0.2, -0.15) is 0 Å². The van der Waals surface area contributed by atoms with E-state index >= 15 is 0 Å². The van der Waals surface area contributed by atoms with Crippen molar-refractivity contribution >= 4 is 24.1 Å². The highest BCUT2D eigenvalue weighted by Crippen LogP contribution is 2.28. The molecule has 0 aromatic carbocycles. The highest BCUT2D eigenvalue weighted by molar-refractivity contribution is 5.85. The van der Waals surface area contributed by atoms with Gasteiger partial charge in [-0.05, 0) is 35.7 Å². The molecule has 3 rings (SSSR count). The molecule has 1 amide bonds. The van der Waals surface area contributed by atoms with E-state index in [9.17, 15) is 14.9 Å². The molecule has 1 N–H and O–H groups in total. The first kappa shape index (κ1) is 16.7. The van der Waals surface area contributed by atoms with Crippen LogP contribution in [0, 0.1) is 17.0 Å². The Kier molecular flexibility index (Phi) is 5.02. The summed E-state index contributed by atoms with van der Waals surface area (Å²) in [6.45, 7) is 3.59. The van der Waals surface area contributed by atoms with Crippen LogP contribution < -0.4 is 5.32 Å². The number of nitrogens with one attached hydrogen (secondary N) is 1. The van der Waals surface area contributed by atoms with Crippen molar-refractivity contribution in [2.75, 3.05) is 13.1 Å². The molecule has 0 saturated carbocycles. The van der Waals surface area contributed by atoms with Crippen LogP contribution in [0.25, 0.3) is 0 Å². The number of fused-ring (bicyclic) bond motifs is 2. The van der Waals surface area contributed by atoms with E-state index in [0.717, 1.165) is 32.4 Å². The molecule has 9 heteroatoms. The van der Waals surface area contributed by atoms with Crippen LogP contribution in [0.3, 0.4) is 0 Å². The predicted octanol–water partition coefficient (Wildman–Crippen LogP) is 0.874. The normalized spacial score (nSPS) is 23.8. The Morgan fingerprint density at radius 2 is 2.18 bits per heavy atom. The maximum absolute atomic E-state index is 12.6. The van der Waals surface area contributed by atoms with Gasteiger partial charge in [0, 0.05) is 25.6 Å². The van der Waals surface area contributed by atoms with E-state index in [0.29, 0.717) is 11.9 Å². The summed E-state index contributed by atoms with van der Waals surface area (Å²) in [5.41, 5.74) is 0. The minimum atomic E-state index is -0.534. The number of hydrogen-bond donors (Lipinski definition) is 1. The molecule has 2 unspecified atom stereocenters. The molecule has 122 valence electrons. The SMILES string of the molecule is Cc1nc([N+](=O)[O-])cn1CC(=O)N1C2CCNCC1CC2.Cl. The summed E-state index contributed by atoms with van der Waals surface area (Å²) in [4.78, 5) is 28.6. The molecule has 1 aromatic rings. The highest BCUT2D eigenvalue weighted by atomic mass is 35.5. The number of aryl methyl sites for hydroxylation is 1. The lowest BCUT2D eigenvalue weighted by molar-refractivity contribution is -0.389. The van der Waals surface area contributed by atoms with E-state index in [1.54, 1.807) is 11.5 Å². The van der Waals surface area contributed by atoms with Crippen molar-refractivity contribution < 1.29 is 9.72 Å². The number of amides is 1. The number of aromatic nitrogens is 2. The van der Waals surface area contributed by atoms with Crippen molar-refractivity contribution in [2.24, 2.45) is 0 Å². The van der Waals surface area contributed by atoms with E-state index in [4.69, 9.17) is 0 Å². The number of carbonyl (C=O) groups is 1. The average molecular weight is 330 g/mol. The Hall–Kier alpha value is -1.67. The second kappa shape index (κ2) is 6.62. The van der Waals surface area contributed by atoms with Gasteiger partial charge in [-0.15, -0.1) is 12.4 Å². The van der Waals surface area contributed by atoms with E-state index in [2.05, 4.69) is 10.3 Å². The fourth-order valence-electron chi connectivity index (χ4n) is 3.36. The van der Waals surface area contributed by atoms with Gasteiger partial charge in [0.15, 0.2) is 0 Å². The summed E-state index contributed by atoms with van der Waals surface area (Å²) in [5.74, 6) is 0.317. The van der Waals surface area contributed by atoms with E-state index in [-0.39, 0.29) is 36.7 Å². The lowest BCUT2D eigenvalue weighted by Crippen LogP contribution is -2.44. The van der Waals surface area contributed by atoms with Crippen LogP contribution >= 0.6 is 12.4 Å². The van der Waals surface area contributed by atoms with Crippen molar-refractivity contribution in [3.63, 3.8) is 0 Å². The molecule has 2 aliphatic heterocycles. The zero-order chi connectivity index (χ0) is 15.0. The first-order chi connectivity index (χ1) is 10.1. The Morgan fingerprint density at radius 1 is 1.45 bits per heavy atom. The van der Waals surface area contributed by atoms with Crippen molar-refractivity contribution in [1.29, 1.82) is 0 Å². The van der Waals surface area contributed by atoms with Crippen molar-refractivity contribution in [2.45, 2.75) is 44.8 Å². The van der Waals surface area contributed by atoms with Gasteiger partial charge in [-0.3, -0.25) is 9.36 Å². The molecule has 0 spiro atoms. The minimum Gasteiger partial charge on any atom is -0.358 e. The van der Waals surface area contributed by atoms with E-state index in [1.165, 1.54) is 6.20 Å². The fraction of sp³-hybridized carbons (Fsp3) is 0.692. The summed E-state index contributed by atoms with van der Waals surface area (Å²) in [6.07, 6.45) is 4.41. The van der Waals surface area contributed by atoms with Gasteiger partial charge in [0.05, 0.1) is 0 Å². The second-order valence-electron chi connectivity index (χ2n) is 5.71. The van der Waals surface area contributed by atoms with Gasteiger partial charge < -0.3 is 20.3 Å². The van der Waals surface area contributed by atoms with Crippen LogP contribution in [0.5, 0.6) is 0 Å². The Labute approximate surface area is 134 Å². The first-order valence-electron chi connectivity index (χ1n) is 7.26. The third-order valence-electron chi connectivity index (χ3n) is 4.40. The number of halogens is 1. The molecular formula is C13H20ClN5O3. The van der Waals surface area contributed by atoms with Crippen LogP contribution in [0.15, 0.2) is 6.20 Å². The Bertz CT molecular complexity index is 562. The third kappa shape index (κ3) is 3.07. The number of carbonyl (C=O) groups excluding carboxylic acids is 1. The number of rotatable bonds is 3. The highest BCUT2D eigenvalue weighted by Gasteiger charge is 2.38. The number of nitro groups is 1. The second-order valence-corrected chi connectivity index (χ2v) is 5.71. The van der Waals surface area contributed by atoms with Gasteiger partial charge in [0.2, 0.25) is 11.7 Å². The van der Waals surface area contributed by atoms with Crippen molar-refractivity contribution in [3.05, 3.63) is 22.1 Å². The number of nitrogens with zero attached hydrogens (tertiary/aromatic N) is 4. The van der Waals surface area contributed by atoms with Crippen LogP contribution in [-0.4, -0.2) is 50.5 Å². The van der Waals surface area contributed by atoms with Gasteiger partial charge in [-0.1, -0.05) is 0 Å². The van der Waals surface area contributed by atoms with Crippen LogP contribution in [0.2, 0.25) is 0 Å². The Balaban J connectivity index is 0.00000176. The quantitative estimate of drug-likeness (QED) is 0.656. The summed E-state index contributed by atoms with van der Waals surface area (Å²) in [5, 5.41) is 14.1. The standard InChI is InChI=1S/C13H19N5O3.ClH/c1-9-15-12(18(20)21)7-16(9)8-13(19)17-10-2-3-11(17)6-14-5-4-10;/h7,10-11,14H,2-6,8H2,1H3;1H. The van der Waals surface area contributed by atoms with Gasteiger partial charge in [0.1, 0.15) is 12.7 Å². The predicted molar refractivity (Wildman–Crippen MR) is 82.0 cm³/mol. The molecule has 2 atom stereocenters.